The number of halogens is 1. The molecule has 1 aromatic heterocycles. The van der Waals surface area contributed by atoms with Gasteiger partial charge in [0.1, 0.15) is 18.1 Å². The number of carbonyl (C=O) groups excluding carboxylic acids is 3. The number of nitrogens with zero attached hydrogens (tertiary/aromatic N) is 4. The van der Waals surface area contributed by atoms with Crippen LogP contribution in [-0.4, -0.2) is 32.7 Å². The van der Waals surface area contributed by atoms with Crippen LogP contribution in [0.5, 0.6) is 0 Å². The van der Waals surface area contributed by atoms with Gasteiger partial charge in [0.25, 0.3) is 0 Å². The van der Waals surface area contributed by atoms with Crippen LogP contribution in [0.4, 0.5) is 11.4 Å². The van der Waals surface area contributed by atoms with Crippen molar-refractivity contribution in [2.45, 2.75) is 33.0 Å². The number of carbonyl (C=O) groups is 3. The van der Waals surface area contributed by atoms with Crippen molar-refractivity contribution in [3.8, 4) is 0 Å². The van der Waals surface area contributed by atoms with Gasteiger partial charge in [-0.15, -0.1) is 5.10 Å². The zero-order valence-electron chi connectivity index (χ0n) is 23.8. The molecular weight excluding hydrogens is 564 g/mol. The van der Waals surface area contributed by atoms with Gasteiger partial charge in [-0.05, 0) is 59.7 Å². The molecule has 1 atom stereocenters. The average Bonchev–Trinajstić information content (AvgIpc) is 3.42. The van der Waals surface area contributed by atoms with Crippen molar-refractivity contribution in [2.75, 3.05) is 10.2 Å². The van der Waals surface area contributed by atoms with Crippen molar-refractivity contribution in [1.29, 1.82) is 0 Å². The van der Waals surface area contributed by atoms with Crippen molar-refractivity contribution < 1.29 is 14.4 Å². The van der Waals surface area contributed by atoms with Gasteiger partial charge in [-0.1, -0.05) is 85.3 Å². The molecule has 10 heteroatoms. The van der Waals surface area contributed by atoms with E-state index < -0.39 is 6.04 Å². The molecular formula is C33H31ClN6O3. The summed E-state index contributed by atoms with van der Waals surface area (Å²) in [4.78, 5) is 41.9. The van der Waals surface area contributed by atoms with Crippen molar-refractivity contribution in [2.24, 2.45) is 5.92 Å². The molecule has 0 aliphatic carbocycles. The maximum absolute atomic E-state index is 14.2. The summed E-state index contributed by atoms with van der Waals surface area (Å²) < 4.78 is 1.52. The number of hydrogen-bond donors (Lipinski definition) is 2. The number of nitrogens with one attached hydrogen (secondary N) is 2. The maximum atomic E-state index is 14.2. The van der Waals surface area contributed by atoms with E-state index in [1.54, 1.807) is 48.5 Å². The molecule has 0 fully saturated rings. The summed E-state index contributed by atoms with van der Waals surface area (Å²) in [5.41, 5.74) is 3.88. The molecule has 9 nitrogen and oxygen atoms in total. The molecule has 2 N–H and O–H groups in total. The number of amides is 3. The SMILES string of the molecule is CC(C)C(=O)Nc1ccc(N(C(=O)Cn2nnc3ccccc32)C(C(=O)NCc2ccccc2)c2ccc(Cl)cc2)cc1. The van der Waals surface area contributed by atoms with Gasteiger partial charge in [-0.3, -0.25) is 19.3 Å². The Labute approximate surface area is 254 Å². The molecule has 3 amide bonds. The summed E-state index contributed by atoms with van der Waals surface area (Å²) in [6.07, 6.45) is 0. The molecule has 0 bridgehead atoms. The van der Waals surface area contributed by atoms with E-state index in [0.717, 1.165) is 5.56 Å². The zero-order valence-corrected chi connectivity index (χ0v) is 24.5. The Bertz CT molecular complexity index is 1720. The summed E-state index contributed by atoms with van der Waals surface area (Å²) in [7, 11) is 0. The van der Waals surface area contributed by atoms with Gasteiger partial charge in [0.15, 0.2) is 0 Å². The molecule has 1 unspecified atom stereocenters. The van der Waals surface area contributed by atoms with E-state index >= 15 is 0 Å². The van der Waals surface area contributed by atoms with Crippen LogP contribution in [0.15, 0.2) is 103 Å². The van der Waals surface area contributed by atoms with Gasteiger partial charge in [0.05, 0.1) is 5.52 Å². The van der Waals surface area contributed by atoms with Crippen LogP contribution >= 0.6 is 11.6 Å². The highest BCUT2D eigenvalue weighted by Gasteiger charge is 2.33. The molecule has 0 aliphatic rings. The molecule has 4 aromatic carbocycles. The van der Waals surface area contributed by atoms with Crippen LogP contribution in [0.2, 0.25) is 5.02 Å². The Morgan fingerprint density at radius 2 is 1.51 bits per heavy atom. The lowest BCUT2D eigenvalue weighted by atomic mass is 10.0. The van der Waals surface area contributed by atoms with Gasteiger partial charge in [-0.2, -0.15) is 0 Å². The fraction of sp³-hybridized carbons (Fsp3) is 0.182. The van der Waals surface area contributed by atoms with Crippen molar-refractivity contribution in [3.05, 3.63) is 119 Å². The number of hydrogen-bond acceptors (Lipinski definition) is 5. The van der Waals surface area contributed by atoms with Crippen molar-refractivity contribution >= 4 is 51.7 Å². The first-order valence-electron chi connectivity index (χ1n) is 13.9. The van der Waals surface area contributed by atoms with E-state index in [9.17, 15) is 14.4 Å². The molecule has 218 valence electrons. The van der Waals surface area contributed by atoms with E-state index in [1.165, 1.54) is 9.58 Å². The normalized spacial score (nSPS) is 11.7. The lowest BCUT2D eigenvalue weighted by molar-refractivity contribution is -0.127. The van der Waals surface area contributed by atoms with Crippen LogP contribution in [0, 0.1) is 5.92 Å². The van der Waals surface area contributed by atoms with Crippen molar-refractivity contribution in [3.63, 3.8) is 0 Å². The minimum Gasteiger partial charge on any atom is -0.350 e. The second-order valence-electron chi connectivity index (χ2n) is 10.3. The first kappa shape index (κ1) is 29.5. The van der Waals surface area contributed by atoms with Crippen LogP contribution in [0.25, 0.3) is 11.0 Å². The fourth-order valence-corrected chi connectivity index (χ4v) is 4.74. The Balaban J connectivity index is 1.54. The fourth-order valence-electron chi connectivity index (χ4n) is 4.61. The summed E-state index contributed by atoms with van der Waals surface area (Å²) >= 11 is 6.19. The quantitative estimate of drug-likeness (QED) is 0.213. The van der Waals surface area contributed by atoms with Crippen LogP contribution in [0.3, 0.4) is 0 Å². The van der Waals surface area contributed by atoms with Crippen molar-refractivity contribution in [1.82, 2.24) is 20.3 Å². The molecule has 1 heterocycles. The lowest BCUT2D eigenvalue weighted by Crippen LogP contribution is -2.45. The molecule has 5 rings (SSSR count). The topological polar surface area (TPSA) is 109 Å². The minimum absolute atomic E-state index is 0.127. The number of benzene rings is 4. The minimum atomic E-state index is -1.04. The van der Waals surface area contributed by atoms with Gasteiger partial charge < -0.3 is 10.6 Å². The largest absolute Gasteiger partial charge is 0.350 e. The Kier molecular flexibility index (Phi) is 9.12. The second kappa shape index (κ2) is 13.3. The Morgan fingerprint density at radius 3 is 2.21 bits per heavy atom. The number of rotatable bonds is 10. The number of fused-ring (bicyclic) bond motifs is 1. The van der Waals surface area contributed by atoms with E-state index in [4.69, 9.17) is 11.6 Å². The summed E-state index contributed by atoms with van der Waals surface area (Å²) in [5.74, 6) is -1.08. The summed E-state index contributed by atoms with van der Waals surface area (Å²) in [6, 6.07) is 29.5. The number of aromatic nitrogens is 3. The van der Waals surface area contributed by atoms with Gasteiger partial charge in [0.2, 0.25) is 17.7 Å². The van der Waals surface area contributed by atoms with Crippen LogP contribution in [0.1, 0.15) is 31.0 Å². The average molecular weight is 595 g/mol. The van der Waals surface area contributed by atoms with E-state index in [1.807, 2.05) is 68.4 Å². The van der Waals surface area contributed by atoms with Gasteiger partial charge in [-0.25, -0.2) is 4.68 Å². The molecule has 0 radical (unpaired) electrons. The predicted octanol–water partition coefficient (Wildman–Crippen LogP) is 5.77. The smallest absolute Gasteiger partial charge is 0.249 e. The van der Waals surface area contributed by atoms with Gasteiger partial charge >= 0.3 is 0 Å². The third-order valence-corrected chi connectivity index (χ3v) is 7.17. The molecule has 0 aliphatic heterocycles. The second-order valence-corrected chi connectivity index (χ2v) is 10.8. The zero-order chi connectivity index (χ0) is 30.3. The highest BCUT2D eigenvalue weighted by Crippen LogP contribution is 2.31. The summed E-state index contributed by atoms with van der Waals surface area (Å²) in [5, 5.41) is 14.7. The molecule has 43 heavy (non-hydrogen) atoms. The molecule has 0 saturated carbocycles. The van der Waals surface area contributed by atoms with Gasteiger partial charge in [0, 0.05) is 28.9 Å². The highest BCUT2D eigenvalue weighted by atomic mass is 35.5. The highest BCUT2D eigenvalue weighted by molar-refractivity contribution is 6.30. The first-order valence-corrected chi connectivity index (χ1v) is 14.3. The third kappa shape index (κ3) is 7.07. The number of para-hydroxylation sites is 1. The van der Waals surface area contributed by atoms with E-state index in [-0.39, 0.29) is 36.7 Å². The monoisotopic (exact) mass is 594 g/mol. The predicted molar refractivity (Wildman–Crippen MR) is 167 cm³/mol. The van der Waals surface area contributed by atoms with E-state index in [2.05, 4.69) is 20.9 Å². The van der Waals surface area contributed by atoms with Crippen LogP contribution < -0.4 is 15.5 Å². The summed E-state index contributed by atoms with van der Waals surface area (Å²) in [6.45, 7) is 3.73. The maximum Gasteiger partial charge on any atom is 0.249 e. The Morgan fingerprint density at radius 1 is 0.837 bits per heavy atom. The van der Waals surface area contributed by atoms with E-state index in [0.29, 0.717) is 33.0 Å². The Hall–Kier alpha value is -5.02. The first-order chi connectivity index (χ1) is 20.8. The molecule has 0 saturated heterocycles. The van der Waals surface area contributed by atoms with Crippen LogP contribution in [-0.2, 0) is 27.5 Å². The lowest BCUT2D eigenvalue weighted by Gasteiger charge is -2.32. The number of anilines is 2. The molecule has 5 aromatic rings. The standard InChI is InChI=1S/C33H31ClN6O3/c1-22(2)32(42)36-26-16-18-27(19-17-26)40(30(41)21-39-29-11-7-6-10-28(29)37-38-39)31(24-12-14-25(34)15-13-24)33(43)35-20-23-8-4-3-5-9-23/h3-19,22,31H,20-21H2,1-2H3,(H,35,43)(H,36,42). The molecule has 0 spiro atoms. The third-order valence-electron chi connectivity index (χ3n) is 6.91.